The molecule has 3 rings (SSSR count). The SMILES string of the molecule is O=C(O)CNc1c(-c2ccsc2)nc2ccccn12. The number of thiophene rings is 1. The van der Waals surface area contributed by atoms with E-state index in [9.17, 15) is 4.79 Å². The summed E-state index contributed by atoms with van der Waals surface area (Å²) in [5.41, 5.74) is 2.55. The number of carbonyl (C=O) groups is 1. The van der Waals surface area contributed by atoms with E-state index in [1.165, 1.54) is 0 Å². The molecule has 0 bridgehead atoms. The van der Waals surface area contributed by atoms with Gasteiger partial charge in [0.2, 0.25) is 0 Å². The lowest BCUT2D eigenvalue weighted by molar-refractivity contribution is -0.134. The molecule has 5 nitrogen and oxygen atoms in total. The zero-order valence-electron chi connectivity index (χ0n) is 9.91. The zero-order valence-corrected chi connectivity index (χ0v) is 10.7. The third-order valence-corrected chi connectivity index (χ3v) is 3.41. The normalized spacial score (nSPS) is 10.7. The Labute approximate surface area is 113 Å². The smallest absolute Gasteiger partial charge is 0.322 e. The van der Waals surface area contributed by atoms with Crippen LogP contribution in [0.2, 0.25) is 0 Å². The molecule has 3 heterocycles. The van der Waals surface area contributed by atoms with Crippen LogP contribution < -0.4 is 5.32 Å². The molecule has 0 amide bonds. The molecule has 0 spiro atoms. The largest absolute Gasteiger partial charge is 0.480 e. The second-order valence-electron chi connectivity index (χ2n) is 4.00. The molecule has 0 aliphatic heterocycles. The fraction of sp³-hybridized carbons (Fsp3) is 0.0769. The molecule has 19 heavy (non-hydrogen) atoms. The van der Waals surface area contributed by atoms with Gasteiger partial charge in [-0.05, 0) is 23.6 Å². The van der Waals surface area contributed by atoms with Crippen LogP contribution in [0.4, 0.5) is 5.82 Å². The van der Waals surface area contributed by atoms with Crippen LogP contribution in [0.1, 0.15) is 0 Å². The van der Waals surface area contributed by atoms with Crippen LogP contribution in [0.5, 0.6) is 0 Å². The highest BCUT2D eigenvalue weighted by Crippen LogP contribution is 2.29. The summed E-state index contributed by atoms with van der Waals surface area (Å²) in [5.74, 6) is -0.196. The highest BCUT2D eigenvalue weighted by atomic mass is 32.1. The van der Waals surface area contributed by atoms with Crippen LogP contribution in [0.3, 0.4) is 0 Å². The molecule has 0 atom stereocenters. The van der Waals surface area contributed by atoms with Crippen molar-refractivity contribution in [2.75, 3.05) is 11.9 Å². The number of anilines is 1. The van der Waals surface area contributed by atoms with Gasteiger partial charge in [0, 0.05) is 17.1 Å². The van der Waals surface area contributed by atoms with E-state index in [0.717, 1.165) is 16.9 Å². The standard InChI is InChI=1S/C13H11N3O2S/c17-11(18)7-14-13-12(9-4-6-19-8-9)15-10-3-1-2-5-16(10)13/h1-6,8,14H,7H2,(H,17,18). The van der Waals surface area contributed by atoms with Crippen LogP contribution in [0.25, 0.3) is 16.9 Å². The molecule has 0 fully saturated rings. The first kappa shape index (κ1) is 11.7. The Morgan fingerprint density at radius 1 is 1.42 bits per heavy atom. The molecule has 3 aromatic heterocycles. The number of hydrogen-bond acceptors (Lipinski definition) is 4. The van der Waals surface area contributed by atoms with Gasteiger partial charge in [0.25, 0.3) is 0 Å². The number of fused-ring (bicyclic) bond motifs is 1. The van der Waals surface area contributed by atoms with Gasteiger partial charge in [-0.25, -0.2) is 4.98 Å². The first-order valence-corrected chi connectivity index (χ1v) is 6.65. The van der Waals surface area contributed by atoms with E-state index >= 15 is 0 Å². The van der Waals surface area contributed by atoms with Crippen molar-refractivity contribution in [3.63, 3.8) is 0 Å². The van der Waals surface area contributed by atoms with E-state index in [4.69, 9.17) is 5.11 Å². The predicted molar refractivity (Wildman–Crippen MR) is 74.6 cm³/mol. The molecule has 0 aliphatic carbocycles. The summed E-state index contributed by atoms with van der Waals surface area (Å²) in [7, 11) is 0. The number of rotatable bonds is 4. The molecule has 3 aromatic rings. The maximum absolute atomic E-state index is 10.7. The summed E-state index contributed by atoms with van der Waals surface area (Å²) < 4.78 is 1.86. The average molecular weight is 273 g/mol. The molecular formula is C13H11N3O2S. The first-order chi connectivity index (χ1) is 9.25. The average Bonchev–Trinajstić information content (AvgIpc) is 3.03. The van der Waals surface area contributed by atoms with Crippen molar-refractivity contribution in [1.82, 2.24) is 9.38 Å². The highest BCUT2D eigenvalue weighted by molar-refractivity contribution is 7.08. The van der Waals surface area contributed by atoms with E-state index in [-0.39, 0.29) is 6.54 Å². The predicted octanol–water partition coefficient (Wildman–Crippen LogP) is 2.56. The van der Waals surface area contributed by atoms with Gasteiger partial charge in [0.1, 0.15) is 23.7 Å². The molecule has 0 radical (unpaired) electrons. The van der Waals surface area contributed by atoms with Gasteiger partial charge >= 0.3 is 5.97 Å². The molecule has 96 valence electrons. The van der Waals surface area contributed by atoms with E-state index in [0.29, 0.717) is 5.82 Å². The summed E-state index contributed by atoms with van der Waals surface area (Å²) in [6.07, 6.45) is 1.86. The molecular weight excluding hydrogens is 262 g/mol. The summed E-state index contributed by atoms with van der Waals surface area (Å²) in [4.78, 5) is 15.3. The van der Waals surface area contributed by atoms with Crippen molar-refractivity contribution >= 4 is 28.8 Å². The highest BCUT2D eigenvalue weighted by Gasteiger charge is 2.14. The third-order valence-electron chi connectivity index (χ3n) is 2.73. The molecule has 0 unspecified atom stereocenters. The van der Waals surface area contributed by atoms with E-state index in [1.54, 1.807) is 11.3 Å². The van der Waals surface area contributed by atoms with E-state index in [2.05, 4.69) is 10.3 Å². The van der Waals surface area contributed by atoms with Gasteiger partial charge in [-0.3, -0.25) is 9.20 Å². The second-order valence-corrected chi connectivity index (χ2v) is 4.78. The topological polar surface area (TPSA) is 66.6 Å². The molecule has 2 N–H and O–H groups in total. The minimum Gasteiger partial charge on any atom is -0.480 e. The number of aliphatic carboxylic acids is 1. The lowest BCUT2D eigenvalue weighted by atomic mass is 10.2. The minimum absolute atomic E-state index is 0.139. The van der Waals surface area contributed by atoms with E-state index < -0.39 is 5.97 Å². The van der Waals surface area contributed by atoms with Gasteiger partial charge in [-0.15, -0.1) is 0 Å². The second kappa shape index (κ2) is 4.74. The van der Waals surface area contributed by atoms with Crippen LogP contribution in [0.15, 0.2) is 41.2 Å². The Balaban J connectivity index is 2.14. The van der Waals surface area contributed by atoms with Crippen molar-refractivity contribution in [2.24, 2.45) is 0 Å². The Kier molecular flexibility index (Phi) is 2.92. The minimum atomic E-state index is -0.901. The number of pyridine rings is 1. The first-order valence-electron chi connectivity index (χ1n) is 5.71. The summed E-state index contributed by atoms with van der Waals surface area (Å²) in [5, 5.41) is 15.7. The summed E-state index contributed by atoms with van der Waals surface area (Å²) in [6, 6.07) is 7.65. The van der Waals surface area contributed by atoms with Gasteiger partial charge in [-0.2, -0.15) is 11.3 Å². The van der Waals surface area contributed by atoms with Crippen molar-refractivity contribution in [3.8, 4) is 11.3 Å². The van der Waals surface area contributed by atoms with Crippen molar-refractivity contribution < 1.29 is 9.90 Å². The van der Waals surface area contributed by atoms with Gasteiger partial charge < -0.3 is 10.4 Å². The Bertz CT molecular complexity index is 719. The van der Waals surface area contributed by atoms with Crippen molar-refractivity contribution in [2.45, 2.75) is 0 Å². The molecule has 0 aliphatic rings. The Morgan fingerprint density at radius 2 is 2.32 bits per heavy atom. The van der Waals surface area contributed by atoms with E-state index in [1.807, 2.05) is 45.6 Å². The van der Waals surface area contributed by atoms with Crippen LogP contribution in [0, 0.1) is 0 Å². The zero-order chi connectivity index (χ0) is 13.2. The number of imidazole rings is 1. The number of hydrogen-bond donors (Lipinski definition) is 2. The quantitative estimate of drug-likeness (QED) is 0.766. The van der Waals surface area contributed by atoms with Gasteiger partial charge in [-0.1, -0.05) is 6.07 Å². The molecule has 0 aromatic carbocycles. The summed E-state index contributed by atoms with van der Waals surface area (Å²) in [6.45, 7) is -0.139. The number of carboxylic acids is 1. The fourth-order valence-electron chi connectivity index (χ4n) is 1.92. The molecule has 6 heteroatoms. The monoisotopic (exact) mass is 273 g/mol. The maximum atomic E-state index is 10.7. The molecule has 0 saturated carbocycles. The fourth-order valence-corrected chi connectivity index (χ4v) is 2.57. The van der Waals surface area contributed by atoms with Crippen LogP contribution >= 0.6 is 11.3 Å². The third kappa shape index (κ3) is 2.17. The Hall–Kier alpha value is -2.34. The van der Waals surface area contributed by atoms with Crippen molar-refractivity contribution in [1.29, 1.82) is 0 Å². The maximum Gasteiger partial charge on any atom is 0.322 e. The number of nitrogens with one attached hydrogen (secondary N) is 1. The lowest BCUT2D eigenvalue weighted by Gasteiger charge is -2.05. The molecule has 0 saturated heterocycles. The van der Waals surface area contributed by atoms with Crippen LogP contribution in [-0.2, 0) is 4.79 Å². The Morgan fingerprint density at radius 3 is 3.05 bits per heavy atom. The van der Waals surface area contributed by atoms with Gasteiger partial charge in [0.15, 0.2) is 0 Å². The lowest BCUT2D eigenvalue weighted by Crippen LogP contribution is -2.14. The summed E-state index contributed by atoms with van der Waals surface area (Å²) >= 11 is 1.58. The van der Waals surface area contributed by atoms with Crippen LogP contribution in [-0.4, -0.2) is 27.0 Å². The van der Waals surface area contributed by atoms with Crippen molar-refractivity contribution in [3.05, 3.63) is 41.2 Å². The number of carboxylic acid groups (broad SMARTS) is 1. The van der Waals surface area contributed by atoms with Gasteiger partial charge in [0.05, 0.1) is 0 Å². The number of aromatic nitrogens is 2. The number of nitrogens with zero attached hydrogens (tertiary/aromatic N) is 2.